The van der Waals surface area contributed by atoms with Crippen LogP contribution in [0.2, 0.25) is 0 Å². The van der Waals surface area contributed by atoms with Gasteiger partial charge in [0.05, 0.1) is 0 Å². The number of hydrogen-bond acceptors (Lipinski definition) is 1. The van der Waals surface area contributed by atoms with Crippen LogP contribution in [-0.2, 0) is 5.41 Å². The number of carbonyl (C=O) groups is 1. The minimum Gasteiger partial charge on any atom is -0.289 e. The third-order valence-corrected chi connectivity index (χ3v) is 5.91. The van der Waals surface area contributed by atoms with E-state index in [0.29, 0.717) is 0 Å². The molecule has 0 amide bonds. The quantitative estimate of drug-likeness (QED) is 0.469. The van der Waals surface area contributed by atoms with Gasteiger partial charge in [0, 0.05) is 26.6 Å². The molecule has 0 saturated carbocycles. The van der Waals surface area contributed by atoms with E-state index in [9.17, 15) is 4.79 Å². The van der Waals surface area contributed by atoms with Crippen molar-refractivity contribution in [1.82, 2.24) is 0 Å². The molecule has 0 aromatic heterocycles. The molecule has 1 nitrogen and oxygen atoms in total. The number of benzene rings is 3. The molecule has 0 bridgehead atoms. The molecule has 0 radical (unpaired) electrons. The minimum absolute atomic E-state index is 0.0772. The molecule has 124 valence electrons. The van der Waals surface area contributed by atoms with Crippen LogP contribution in [0.15, 0.2) is 65.1 Å². The van der Waals surface area contributed by atoms with E-state index in [1.165, 1.54) is 22.3 Å². The highest BCUT2D eigenvalue weighted by molar-refractivity contribution is 9.10. The lowest BCUT2D eigenvalue weighted by atomic mass is 9.81. The highest BCUT2D eigenvalue weighted by Gasteiger charge is 2.37. The van der Waals surface area contributed by atoms with Crippen LogP contribution in [0.25, 0.3) is 11.1 Å². The summed E-state index contributed by atoms with van der Waals surface area (Å²) in [5.74, 6) is 0.0772. The number of hydrogen-bond donors (Lipinski definition) is 0. The Balaban J connectivity index is 1.92. The summed E-state index contributed by atoms with van der Waals surface area (Å²) in [6, 6.07) is 20.3. The van der Waals surface area contributed by atoms with E-state index in [4.69, 9.17) is 0 Å². The maximum Gasteiger partial charge on any atom is 0.193 e. The first-order valence-electron chi connectivity index (χ1n) is 8.45. The number of halogens is 1. The Morgan fingerprint density at radius 3 is 2.36 bits per heavy atom. The van der Waals surface area contributed by atoms with E-state index in [0.717, 1.165) is 21.2 Å². The maximum absolute atomic E-state index is 13.1. The van der Waals surface area contributed by atoms with Crippen LogP contribution in [-0.4, -0.2) is 5.78 Å². The summed E-state index contributed by atoms with van der Waals surface area (Å²) in [5.41, 5.74) is 7.38. The Morgan fingerprint density at radius 2 is 1.60 bits per heavy atom. The average Bonchev–Trinajstić information content (AvgIpc) is 2.83. The fourth-order valence-corrected chi connectivity index (χ4v) is 4.55. The second-order valence-electron chi connectivity index (χ2n) is 7.20. The lowest BCUT2D eigenvalue weighted by molar-refractivity contribution is 0.103. The first-order chi connectivity index (χ1) is 11.9. The monoisotopic (exact) mass is 390 g/mol. The molecule has 4 rings (SSSR count). The highest BCUT2D eigenvalue weighted by Crippen LogP contribution is 2.51. The number of fused-ring (bicyclic) bond motifs is 3. The van der Waals surface area contributed by atoms with Gasteiger partial charge in [0.15, 0.2) is 5.78 Å². The van der Waals surface area contributed by atoms with Gasteiger partial charge in [0.2, 0.25) is 0 Å². The third-order valence-electron chi connectivity index (χ3n) is 5.29. The second kappa shape index (κ2) is 5.67. The molecule has 0 saturated heterocycles. The highest BCUT2D eigenvalue weighted by atomic mass is 79.9. The lowest BCUT2D eigenvalue weighted by Crippen LogP contribution is -2.16. The summed E-state index contributed by atoms with van der Waals surface area (Å²) in [4.78, 5) is 13.1. The molecule has 0 N–H and O–H groups in total. The first-order valence-corrected chi connectivity index (χ1v) is 9.25. The van der Waals surface area contributed by atoms with Crippen LogP contribution in [0, 0.1) is 6.92 Å². The van der Waals surface area contributed by atoms with Crippen molar-refractivity contribution in [3.05, 3.63) is 93.0 Å². The van der Waals surface area contributed by atoms with E-state index in [1.807, 2.05) is 37.3 Å². The largest absolute Gasteiger partial charge is 0.289 e. The summed E-state index contributed by atoms with van der Waals surface area (Å²) in [7, 11) is 0. The Kier molecular flexibility index (Phi) is 3.69. The molecule has 1 aliphatic carbocycles. The zero-order chi connectivity index (χ0) is 17.8. The predicted molar refractivity (Wildman–Crippen MR) is 106 cm³/mol. The SMILES string of the molecule is Cc1ccccc1C(=O)c1cc(Br)c2c(c1)C(C)(C)c1ccccc1-2. The van der Waals surface area contributed by atoms with E-state index < -0.39 is 0 Å². The van der Waals surface area contributed by atoms with Crippen molar-refractivity contribution in [1.29, 1.82) is 0 Å². The Hall–Kier alpha value is -2.19. The number of ketones is 1. The van der Waals surface area contributed by atoms with Gasteiger partial charge in [-0.1, -0.05) is 78.3 Å². The van der Waals surface area contributed by atoms with E-state index in [2.05, 4.69) is 60.1 Å². The van der Waals surface area contributed by atoms with Gasteiger partial charge in [-0.15, -0.1) is 0 Å². The van der Waals surface area contributed by atoms with Crippen LogP contribution >= 0.6 is 15.9 Å². The predicted octanol–water partition coefficient (Wildman–Crippen LogP) is 6.29. The molecular formula is C23H19BrO. The van der Waals surface area contributed by atoms with Crippen molar-refractivity contribution in [2.75, 3.05) is 0 Å². The molecule has 0 aliphatic heterocycles. The lowest BCUT2D eigenvalue weighted by Gasteiger charge is -2.22. The topological polar surface area (TPSA) is 17.1 Å². The fraction of sp³-hybridized carbons (Fsp3) is 0.174. The first kappa shape index (κ1) is 16.3. The van der Waals surface area contributed by atoms with Crippen LogP contribution < -0.4 is 0 Å². The van der Waals surface area contributed by atoms with Crippen LogP contribution in [0.3, 0.4) is 0 Å². The molecule has 25 heavy (non-hydrogen) atoms. The molecule has 0 atom stereocenters. The van der Waals surface area contributed by atoms with Gasteiger partial charge < -0.3 is 0 Å². The Morgan fingerprint density at radius 1 is 0.920 bits per heavy atom. The molecule has 0 spiro atoms. The van der Waals surface area contributed by atoms with Gasteiger partial charge >= 0.3 is 0 Å². The molecule has 2 heteroatoms. The molecule has 3 aromatic carbocycles. The van der Waals surface area contributed by atoms with E-state index >= 15 is 0 Å². The van der Waals surface area contributed by atoms with E-state index in [-0.39, 0.29) is 11.2 Å². The van der Waals surface area contributed by atoms with Crippen LogP contribution in [0.5, 0.6) is 0 Å². The van der Waals surface area contributed by atoms with Gasteiger partial charge in [-0.05, 0) is 41.3 Å². The van der Waals surface area contributed by atoms with E-state index in [1.54, 1.807) is 0 Å². The third kappa shape index (κ3) is 2.39. The average molecular weight is 391 g/mol. The maximum atomic E-state index is 13.1. The van der Waals surface area contributed by atoms with Crippen molar-refractivity contribution < 1.29 is 4.79 Å². The Bertz CT molecular complexity index is 1010. The van der Waals surface area contributed by atoms with Gasteiger partial charge in [-0.3, -0.25) is 4.79 Å². The van der Waals surface area contributed by atoms with Gasteiger partial charge in [0.25, 0.3) is 0 Å². The zero-order valence-corrected chi connectivity index (χ0v) is 16.1. The molecule has 1 aliphatic rings. The summed E-state index contributed by atoms with van der Waals surface area (Å²) in [6.07, 6.45) is 0. The van der Waals surface area contributed by atoms with Crippen molar-refractivity contribution in [2.45, 2.75) is 26.2 Å². The van der Waals surface area contributed by atoms with Gasteiger partial charge in [-0.2, -0.15) is 0 Å². The normalized spacial score (nSPS) is 14.1. The second-order valence-corrected chi connectivity index (χ2v) is 8.05. The van der Waals surface area contributed by atoms with Crippen LogP contribution in [0.1, 0.15) is 46.5 Å². The van der Waals surface area contributed by atoms with Crippen molar-refractivity contribution >= 4 is 21.7 Å². The number of aryl methyl sites for hydroxylation is 1. The van der Waals surface area contributed by atoms with Crippen molar-refractivity contribution in [3.8, 4) is 11.1 Å². The number of carbonyl (C=O) groups excluding carboxylic acids is 1. The molecule has 3 aromatic rings. The summed E-state index contributed by atoms with van der Waals surface area (Å²) < 4.78 is 0.986. The van der Waals surface area contributed by atoms with Gasteiger partial charge in [-0.25, -0.2) is 0 Å². The molecular weight excluding hydrogens is 372 g/mol. The smallest absolute Gasteiger partial charge is 0.193 e. The number of rotatable bonds is 2. The zero-order valence-electron chi connectivity index (χ0n) is 14.6. The standard InChI is InChI=1S/C23H19BrO/c1-14-8-4-5-9-16(14)22(25)15-12-19-21(20(24)13-15)17-10-6-7-11-18(17)23(19,2)3/h4-13H,1-3H3. The van der Waals surface area contributed by atoms with Gasteiger partial charge in [0.1, 0.15) is 0 Å². The summed E-state index contributed by atoms with van der Waals surface area (Å²) in [6.45, 7) is 6.44. The molecule has 0 fully saturated rings. The minimum atomic E-state index is -0.115. The Labute approximate surface area is 156 Å². The van der Waals surface area contributed by atoms with Crippen molar-refractivity contribution in [3.63, 3.8) is 0 Å². The molecule has 0 unspecified atom stereocenters. The fourth-order valence-electron chi connectivity index (χ4n) is 3.88. The summed E-state index contributed by atoms with van der Waals surface area (Å²) >= 11 is 3.73. The van der Waals surface area contributed by atoms with Crippen LogP contribution in [0.4, 0.5) is 0 Å². The van der Waals surface area contributed by atoms with Crippen molar-refractivity contribution in [2.24, 2.45) is 0 Å². The molecule has 0 heterocycles. The summed E-state index contributed by atoms with van der Waals surface area (Å²) in [5, 5.41) is 0.